The standard InChI is InChI=1S/C15H17N3OS/c1-4-20-14-7-5-6-13(12(14)8-16)17-9-15-18-10(2)11(3)19-15/h5-7,17H,4,9H2,1-3H3. The van der Waals surface area contributed by atoms with Crippen LogP contribution in [0.5, 0.6) is 0 Å². The maximum absolute atomic E-state index is 9.33. The summed E-state index contributed by atoms with van der Waals surface area (Å²) >= 11 is 1.67. The van der Waals surface area contributed by atoms with Crippen LogP contribution in [0.15, 0.2) is 27.5 Å². The van der Waals surface area contributed by atoms with Crippen LogP contribution in [0, 0.1) is 25.2 Å². The summed E-state index contributed by atoms with van der Waals surface area (Å²) in [6.07, 6.45) is 0. The largest absolute Gasteiger partial charge is 0.444 e. The highest BCUT2D eigenvalue weighted by Gasteiger charge is 2.10. The fraction of sp³-hybridized carbons (Fsp3) is 0.333. The number of hydrogen-bond donors (Lipinski definition) is 1. The van der Waals surface area contributed by atoms with Gasteiger partial charge in [-0.1, -0.05) is 13.0 Å². The van der Waals surface area contributed by atoms with Gasteiger partial charge in [0.25, 0.3) is 0 Å². The van der Waals surface area contributed by atoms with Crippen molar-refractivity contribution in [1.29, 1.82) is 5.26 Å². The van der Waals surface area contributed by atoms with Crippen LogP contribution in [0.4, 0.5) is 5.69 Å². The summed E-state index contributed by atoms with van der Waals surface area (Å²) in [4.78, 5) is 5.32. The van der Waals surface area contributed by atoms with Crippen molar-refractivity contribution in [1.82, 2.24) is 4.98 Å². The molecule has 1 heterocycles. The Morgan fingerprint density at radius 3 is 2.80 bits per heavy atom. The van der Waals surface area contributed by atoms with Crippen molar-refractivity contribution in [3.63, 3.8) is 0 Å². The van der Waals surface area contributed by atoms with E-state index in [1.807, 2.05) is 32.0 Å². The van der Waals surface area contributed by atoms with Crippen molar-refractivity contribution < 1.29 is 4.42 Å². The van der Waals surface area contributed by atoms with Gasteiger partial charge in [-0.25, -0.2) is 4.98 Å². The summed E-state index contributed by atoms with van der Waals surface area (Å²) in [5.74, 6) is 2.41. The molecule has 0 aliphatic rings. The quantitative estimate of drug-likeness (QED) is 0.845. The number of benzene rings is 1. The van der Waals surface area contributed by atoms with E-state index < -0.39 is 0 Å². The summed E-state index contributed by atoms with van der Waals surface area (Å²) in [6.45, 7) is 6.36. The molecule has 1 aromatic heterocycles. The van der Waals surface area contributed by atoms with Crippen molar-refractivity contribution in [2.24, 2.45) is 0 Å². The molecule has 2 rings (SSSR count). The minimum absolute atomic E-state index is 0.476. The lowest BCUT2D eigenvalue weighted by molar-refractivity contribution is 0.478. The molecule has 2 aromatic rings. The van der Waals surface area contributed by atoms with Gasteiger partial charge in [-0.05, 0) is 31.7 Å². The van der Waals surface area contributed by atoms with Crippen LogP contribution in [0.25, 0.3) is 0 Å². The SMILES string of the molecule is CCSc1cccc(NCc2nc(C)c(C)o2)c1C#N. The van der Waals surface area contributed by atoms with E-state index in [0.717, 1.165) is 27.8 Å². The number of hydrogen-bond acceptors (Lipinski definition) is 5. The summed E-state index contributed by atoms with van der Waals surface area (Å²) in [5, 5.41) is 12.6. The molecule has 0 saturated heterocycles. The molecule has 0 aliphatic carbocycles. The average molecular weight is 287 g/mol. The molecule has 0 unspecified atom stereocenters. The Bertz CT molecular complexity index is 624. The lowest BCUT2D eigenvalue weighted by atomic mass is 10.2. The normalized spacial score (nSPS) is 10.3. The molecule has 0 amide bonds. The number of aromatic nitrogens is 1. The minimum Gasteiger partial charge on any atom is -0.444 e. The second-order valence-corrected chi connectivity index (χ2v) is 5.63. The zero-order valence-electron chi connectivity index (χ0n) is 11.9. The van der Waals surface area contributed by atoms with Crippen LogP contribution in [0.3, 0.4) is 0 Å². The third kappa shape index (κ3) is 3.14. The van der Waals surface area contributed by atoms with Gasteiger partial charge in [-0.2, -0.15) is 5.26 Å². The van der Waals surface area contributed by atoms with E-state index in [9.17, 15) is 5.26 Å². The maximum atomic E-state index is 9.33. The van der Waals surface area contributed by atoms with Gasteiger partial charge in [0.2, 0.25) is 5.89 Å². The number of nitrogens with one attached hydrogen (secondary N) is 1. The van der Waals surface area contributed by atoms with Gasteiger partial charge in [0.05, 0.1) is 23.5 Å². The highest BCUT2D eigenvalue weighted by Crippen LogP contribution is 2.28. The Morgan fingerprint density at radius 2 is 2.20 bits per heavy atom. The van der Waals surface area contributed by atoms with Gasteiger partial charge in [0.1, 0.15) is 11.8 Å². The number of oxazole rings is 1. The highest BCUT2D eigenvalue weighted by atomic mass is 32.2. The lowest BCUT2D eigenvalue weighted by Gasteiger charge is -2.09. The lowest BCUT2D eigenvalue weighted by Crippen LogP contribution is -2.02. The van der Waals surface area contributed by atoms with Crippen molar-refractivity contribution in [2.45, 2.75) is 32.2 Å². The van der Waals surface area contributed by atoms with Gasteiger partial charge < -0.3 is 9.73 Å². The summed E-state index contributed by atoms with van der Waals surface area (Å²) < 4.78 is 5.53. The first kappa shape index (κ1) is 14.5. The van der Waals surface area contributed by atoms with Crippen LogP contribution >= 0.6 is 11.8 Å². The number of anilines is 1. The van der Waals surface area contributed by atoms with Crippen LogP contribution in [0.2, 0.25) is 0 Å². The zero-order valence-corrected chi connectivity index (χ0v) is 12.7. The second kappa shape index (κ2) is 6.49. The van der Waals surface area contributed by atoms with E-state index in [1.165, 1.54) is 0 Å². The molecule has 0 fully saturated rings. The Morgan fingerprint density at radius 1 is 1.40 bits per heavy atom. The van der Waals surface area contributed by atoms with E-state index in [1.54, 1.807) is 11.8 Å². The van der Waals surface area contributed by atoms with E-state index in [0.29, 0.717) is 18.0 Å². The number of rotatable bonds is 5. The summed E-state index contributed by atoms with van der Waals surface area (Å²) in [5.41, 5.74) is 2.40. The predicted octanol–water partition coefficient (Wildman–Crippen LogP) is 3.89. The molecule has 4 nitrogen and oxygen atoms in total. The molecular weight excluding hydrogens is 270 g/mol. The molecule has 5 heteroatoms. The third-order valence-corrected chi connectivity index (χ3v) is 3.88. The smallest absolute Gasteiger partial charge is 0.213 e. The molecule has 1 aromatic carbocycles. The number of thioether (sulfide) groups is 1. The van der Waals surface area contributed by atoms with Gasteiger partial charge in [-0.15, -0.1) is 11.8 Å². The summed E-state index contributed by atoms with van der Waals surface area (Å²) in [6, 6.07) is 8.09. The predicted molar refractivity (Wildman–Crippen MR) is 80.9 cm³/mol. The Balaban J connectivity index is 2.17. The molecule has 0 bridgehead atoms. The Labute approximate surface area is 123 Å². The van der Waals surface area contributed by atoms with Crippen molar-refractivity contribution >= 4 is 17.4 Å². The van der Waals surface area contributed by atoms with Crippen LogP contribution < -0.4 is 5.32 Å². The summed E-state index contributed by atoms with van der Waals surface area (Å²) in [7, 11) is 0. The van der Waals surface area contributed by atoms with Gasteiger partial charge in [0, 0.05) is 4.90 Å². The van der Waals surface area contributed by atoms with Gasteiger partial charge in [0.15, 0.2) is 0 Å². The zero-order chi connectivity index (χ0) is 14.5. The average Bonchev–Trinajstić information content (AvgIpc) is 2.76. The molecule has 0 spiro atoms. The molecule has 1 N–H and O–H groups in total. The van der Waals surface area contributed by atoms with E-state index in [-0.39, 0.29) is 0 Å². The fourth-order valence-electron chi connectivity index (χ4n) is 1.86. The fourth-order valence-corrected chi connectivity index (χ4v) is 2.64. The van der Waals surface area contributed by atoms with Crippen molar-refractivity contribution in [3.05, 3.63) is 41.1 Å². The molecule has 104 valence electrons. The Hall–Kier alpha value is -1.93. The monoisotopic (exact) mass is 287 g/mol. The van der Waals surface area contributed by atoms with Crippen LogP contribution in [-0.2, 0) is 6.54 Å². The maximum Gasteiger partial charge on any atom is 0.213 e. The van der Waals surface area contributed by atoms with Crippen LogP contribution in [0.1, 0.15) is 29.8 Å². The molecule has 0 aliphatic heterocycles. The molecule has 0 saturated carbocycles. The van der Waals surface area contributed by atoms with Gasteiger partial charge in [-0.3, -0.25) is 0 Å². The number of nitriles is 1. The first-order valence-electron chi connectivity index (χ1n) is 6.48. The minimum atomic E-state index is 0.476. The highest BCUT2D eigenvalue weighted by molar-refractivity contribution is 7.99. The molecule has 20 heavy (non-hydrogen) atoms. The van der Waals surface area contributed by atoms with Crippen molar-refractivity contribution in [2.75, 3.05) is 11.1 Å². The first-order valence-corrected chi connectivity index (χ1v) is 7.47. The van der Waals surface area contributed by atoms with E-state index in [2.05, 4.69) is 23.3 Å². The first-order chi connectivity index (χ1) is 9.65. The van der Waals surface area contributed by atoms with E-state index in [4.69, 9.17) is 4.42 Å². The van der Waals surface area contributed by atoms with Gasteiger partial charge >= 0.3 is 0 Å². The molecule has 0 radical (unpaired) electrons. The van der Waals surface area contributed by atoms with E-state index >= 15 is 0 Å². The number of nitrogens with zero attached hydrogens (tertiary/aromatic N) is 2. The Kier molecular flexibility index (Phi) is 4.70. The van der Waals surface area contributed by atoms with Crippen LogP contribution in [-0.4, -0.2) is 10.7 Å². The second-order valence-electron chi connectivity index (χ2n) is 4.33. The molecule has 0 atom stereocenters. The van der Waals surface area contributed by atoms with Crippen molar-refractivity contribution in [3.8, 4) is 6.07 Å². The third-order valence-electron chi connectivity index (χ3n) is 2.94. The number of aryl methyl sites for hydroxylation is 2. The topological polar surface area (TPSA) is 61.9 Å². The molecular formula is C15H17N3OS.